The van der Waals surface area contributed by atoms with E-state index >= 15 is 0 Å². The second-order valence-corrected chi connectivity index (χ2v) is 13.4. The first kappa shape index (κ1) is 41.2. The van der Waals surface area contributed by atoms with Crippen molar-refractivity contribution in [2.45, 2.75) is 70.9 Å². The highest BCUT2D eigenvalue weighted by Crippen LogP contribution is 2.24. The molecule has 0 saturated carbocycles. The van der Waals surface area contributed by atoms with Crippen molar-refractivity contribution < 1.29 is 51.4 Å². The number of esters is 1. The highest BCUT2D eigenvalue weighted by Gasteiger charge is 2.45. The lowest BCUT2D eigenvalue weighted by Crippen LogP contribution is -2.55. The number of methoxy groups -OCH3 is 1. The van der Waals surface area contributed by atoms with E-state index in [4.69, 9.17) is 25.8 Å². The molecule has 0 aliphatic carbocycles. The Balaban J connectivity index is 1.89. The fraction of sp³-hybridized carbons (Fsp3) is 0.389. The molecule has 0 saturated heterocycles. The average Bonchev–Trinajstić information content (AvgIpc) is 3.06. The van der Waals surface area contributed by atoms with Gasteiger partial charge < -0.3 is 30.2 Å². The second kappa shape index (κ2) is 17.8. The van der Waals surface area contributed by atoms with Crippen LogP contribution in [0.4, 0.5) is 13.2 Å². The van der Waals surface area contributed by atoms with E-state index in [-0.39, 0.29) is 23.4 Å². The van der Waals surface area contributed by atoms with E-state index in [0.29, 0.717) is 16.3 Å². The van der Waals surface area contributed by atoms with Gasteiger partial charge in [-0.25, -0.2) is 9.78 Å². The number of alkyl halides is 3. The zero-order chi connectivity index (χ0) is 38.8. The molecule has 2 unspecified atom stereocenters. The summed E-state index contributed by atoms with van der Waals surface area (Å²) in [6.45, 7) is 7.38. The highest BCUT2D eigenvalue weighted by atomic mass is 35.5. The molecule has 0 aliphatic rings. The number of nitrogens with one attached hydrogen (secondary N) is 3. The van der Waals surface area contributed by atoms with Gasteiger partial charge in [0, 0.05) is 11.4 Å². The first-order valence-electron chi connectivity index (χ1n) is 16.0. The Morgan fingerprint density at radius 2 is 1.52 bits per heavy atom. The summed E-state index contributed by atoms with van der Waals surface area (Å²) in [5.74, 6) is -5.98. The zero-order valence-electron chi connectivity index (χ0n) is 29.3. The minimum atomic E-state index is -5.23. The normalized spacial score (nSPS) is 13.3. The third-order valence-electron chi connectivity index (χ3n) is 7.22. The lowest BCUT2D eigenvalue weighted by molar-refractivity contribution is -0.175. The molecule has 3 rings (SSSR count). The molecule has 0 aliphatic heterocycles. The van der Waals surface area contributed by atoms with E-state index in [0.717, 1.165) is 0 Å². The fourth-order valence-electron chi connectivity index (χ4n) is 4.74. The third kappa shape index (κ3) is 12.5. The minimum Gasteiger partial charge on any atom is -0.497 e. The van der Waals surface area contributed by atoms with Crippen LogP contribution in [0.15, 0.2) is 66.9 Å². The Bertz CT molecular complexity index is 1730. The van der Waals surface area contributed by atoms with Crippen LogP contribution >= 0.6 is 11.6 Å². The zero-order valence-corrected chi connectivity index (χ0v) is 30.1. The molecule has 1 heterocycles. The molecule has 3 aromatic rings. The number of ketones is 1. The van der Waals surface area contributed by atoms with Gasteiger partial charge >= 0.3 is 12.1 Å². The molecule has 280 valence electrons. The molecule has 0 fully saturated rings. The van der Waals surface area contributed by atoms with Crippen LogP contribution in [0.25, 0.3) is 0 Å². The Labute approximate surface area is 303 Å². The van der Waals surface area contributed by atoms with Crippen LogP contribution in [-0.4, -0.2) is 72.0 Å². The van der Waals surface area contributed by atoms with E-state index in [1.807, 2.05) is 0 Å². The molecule has 3 amide bonds. The number of carbonyl (C=O) groups is 5. The molecule has 3 N–H and O–H groups in total. The molecular weight excluding hydrogens is 709 g/mol. The van der Waals surface area contributed by atoms with E-state index in [9.17, 15) is 37.1 Å². The smallest absolute Gasteiger partial charge is 0.452 e. The first-order valence-corrected chi connectivity index (χ1v) is 16.4. The topological polar surface area (TPSA) is 162 Å². The molecule has 0 radical (unpaired) electrons. The monoisotopic (exact) mass is 748 g/mol. The molecular formula is C36H40ClF3N4O8. The maximum absolute atomic E-state index is 13.9. The molecule has 12 nitrogen and oxygen atoms in total. The molecule has 3 atom stereocenters. The largest absolute Gasteiger partial charge is 0.497 e. The van der Waals surface area contributed by atoms with Gasteiger partial charge in [0.15, 0.2) is 6.61 Å². The van der Waals surface area contributed by atoms with Gasteiger partial charge in [-0.1, -0.05) is 49.7 Å². The van der Waals surface area contributed by atoms with Crippen LogP contribution in [0.1, 0.15) is 62.3 Å². The van der Waals surface area contributed by atoms with Crippen LogP contribution in [0.2, 0.25) is 5.02 Å². The fourth-order valence-corrected chi connectivity index (χ4v) is 4.95. The number of carbonyl (C=O) groups excluding carboxylic acids is 5. The van der Waals surface area contributed by atoms with E-state index in [1.54, 1.807) is 45.0 Å². The van der Waals surface area contributed by atoms with Crippen molar-refractivity contribution in [2.24, 2.45) is 5.92 Å². The Morgan fingerprint density at radius 3 is 2.06 bits per heavy atom. The Hall–Kier alpha value is -5.18. The molecule has 52 heavy (non-hydrogen) atoms. The summed E-state index contributed by atoms with van der Waals surface area (Å²) in [7, 11) is 1.40. The second-order valence-electron chi connectivity index (χ2n) is 12.9. The van der Waals surface area contributed by atoms with E-state index in [1.165, 1.54) is 63.6 Å². The maximum Gasteiger partial charge on any atom is 0.452 e. The number of rotatable bonds is 15. The van der Waals surface area contributed by atoms with Crippen LogP contribution in [0.3, 0.4) is 0 Å². The van der Waals surface area contributed by atoms with Gasteiger partial charge in [0.25, 0.3) is 11.7 Å². The quantitative estimate of drug-likeness (QED) is 0.183. The van der Waals surface area contributed by atoms with Crippen LogP contribution in [0, 0.1) is 5.92 Å². The van der Waals surface area contributed by atoms with Crippen LogP contribution in [-0.2, 0) is 30.3 Å². The number of Topliss-reactive ketones (excluding diaryl/α,β-unsaturated/α-hetero) is 1. The first-order chi connectivity index (χ1) is 24.3. The van der Waals surface area contributed by atoms with E-state index in [2.05, 4.69) is 20.9 Å². The van der Waals surface area contributed by atoms with Gasteiger partial charge in [-0.2, -0.15) is 13.2 Å². The number of pyridine rings is 1. The van der Waals surface area contributed by atoms with Gasteiger partial charge in [-0.15, -0.1) is 0 Å². The standard InChI is InChI=1S/C36H40ClF3N4O8/c1-20(2)29(31(46)36(38,39)40)43-34(49)30(22-10-12-24(50-6)13-11-22)44-33(48)27(17-21-8-7-9-23(37)16-21)42-32(47)26-15-14-25(18-41-26)51-19-28(45)52-35(3,4)5/h7-16,18,20,27,29-30H,17,19H2,1-6H3,(H,42,47)(H,43,49)(H,44,48)/t27?,29-,30?/m0/s1. The van der Waals surface area contributed by atoms with Gasteiger partial charge in [-0.3, -0.25) is 19.2 Å². The SMILES string of the molecule is COc1ccc(C(NC(=O)C(Cc2cccc(Cl)c2)NC(=O)c2ccc(OCC(=O)OC(C)(C)C)cn2)C(=O)N[C@H](C(=O)C(F)(F)F)C(C)C)cc1. The molecule has 0 spiro atoms. The van der Waals surface area contributed by atoms with Crippen molar-refractivity contribution in [3.8, 4) is 11.5 Å². The van der Waals surface area contributed by atoms with Crippen molar-refractivity contribution in [2.75, 3.05) is 13.7 Å². The average molecular weight is 749 g/mol. The number of hydrogen-bond acceptors (Lipinski definition) is 9. The number of aromatic nitrogens is 1. The van der Waals surface area contributed by atoms with Gasteiger partial charge in [0.2, 0.25) is 11.8 Å². The van der Waals surface area contributed by atoms with Crippen molar-refractivity contribution in [1.29, 1.82) is 0 Å². The summed E-state index contributed by atoms with van der Waals surface area (Å²) in [5.41, 5.74) is -0.184. The lowest BCUT2D eigenvalue weighted by atomic mass is 9.97. The lowest BCUT2D eigenvalue weighted by Gasteiger charge is -2.27. The molecule has 2 aromatic carbocycles. The van der Waals surface area contributed by atoms with E-state index < -0.39 is 71.9 Å². The summed E-state index contributed by atoms with van der Waals surface area (Å²) in [6.07, 6.45) is -4.17. The van der Waals surface area contributed by atoms with Gasteiger partial charge in [0.1, 0.15) is 34.9 Å². The maximum atomic E-state index is 13.9. The summed E-state index contributed by atoms with van der Waals surface area (Å²) in [5, 5.41) is 7.59. The Morgan fingerprint density at radius 1 is 0.865 bits per heavy atom. The minimum absolute atomic E-state index is 0.132. The number of halogens is 4. The number of amides is 3. The van der Waals surface area contributed by atoms with Crippen LogP contribution < -0.4 is 25.4 Å². The van der Waals surface area contributed by atoms with Gasteiger partial charge in [-0.05, 0) is 74.2 Å². The third-order valence-corrected chi connectivity index (χ3v) is 7.46. The Kier molecular flexibility index (Phi) is 14.2. The predicted molar refractivity (Wildman–Crippen MR) is 184 cm³/mol. The van der Waals surface area contributed by atoms with Crippen LogP contribution in [0.5, 0.6) is 11.5 Å². The summed E-state index contributed by atoms with van der Waals surface area (Å²) >= 11 is 6.15. The number of benzene rings is 2. The van der Waals surface area contributed by atoms with Crippen molar-refractivity contribution in [3.05, 3.63) is 88.7 Å². The number of ether oxygens (including phenoxy) is 3. The number of hydrogen-bond donors (Lipinski definition) is 3. The number of nitrogens with zero attached hydrogens (tertiary/aromatic N) is 1. The highest BCUT2D eigenvalue weighted by molar-refractivity contribution is 6.30. The van der Waals surface area contributed by atoms with Crippen molar-refractivity contribution in [3.63, 3.8) is 0 Å². The predicted octanol–water partition coefficient (Wildman–Crippen LogP) is 4.93. The van der Waals surface area contributed by atoms with Crippen molar-refractivity contribution in [1.82, 2.24) is 20.9 Å². The summed E-state index contributed by atoms with van der Waals surface area (Å²) in [6, 6.07) is 9.97. The summed E-state index contributed by atoms with van der Waals surface area (Å²) in [4.78, 5) is 69.2. The van der Waals surface area contributed by atoms with Gasteiger partial charge in [0.05, 0.1) is 19.3 Å². The summed E-state index contributed by atoms with van der Waals surface area (Å²) < 4.78 is 56.0. The molecule has 0 bridgehead atoms. The molecule has 1 aromatic heterocycles. The molecule has 16 heteroatoms. The van der Waals surface area contributed by atoms with Crippen molar-refractivity contribution >= 4 is 41.1 Å².